The van der Waals surface area contributed by atoms with E-state index in [-0.39, 0.29) is 29.8 Å². The molecule has 0 spiro atoms. The van der Waals surface area contributed by atoms with Crippen LogP contribution in [0.4, 0.5) is 5.69 Å². The van der Waals surface area contributed by atoms with Gasteiger partial charge in [-0.25, -0.2) is 8.42 Å². The summed E-state index contributed by atoms with van der Waals surface area (Å²) in [7, 11) is -4.20. The molecule has 1 atom stereocenters. The first-order valence-corrected chi connectivity index (χ1v) is 18.0. The number of benzene rings is 4. The van der Waals surface area contributed by atoms with Gasteiger partial charge in [-0.1, -0.05) is 103 Å². The number of rotatable bonds is 12. The molecular formula is C38H42ClN3O4S. The smallest absolute Gasteiger partial charge is 0.264 e. The van der Waals surface area contributed by atoms with Crippen LogP contribution >= 0.6 is 11.6 Å². The van der Waals surface area contributed by atoms with Crippen LogP contribution < -0.4 is 9.62 Å². The molecule has 9 heteroatoms. The van der Waals surface area contributed by atoms with Crippen LogP contribution in [0.15, 0.2) is 108 Å². The molecule has 4 aromatic carbocycles. The van der Waals surface area contributed by atoms with Gasteiger partial charge in [-0.3, -0.25) is 13.9 Å². The molecule has 0 aliphatic heterocycles. The van der Waals surface area contributed by atoms with Gasteiger partial charge in [-0.2, -0.15) is 0 Å². The summed E-state index contributed by atoms with van der Waals surface area (Å²) in [4.78, 5) is 30.5. The van der Waals surface area contributed by atoms with Crippen LogP contribution in [-0.2, 0) is 32.6 Å². The van der Waals surface area contributed by atoms with E-state index in [0.29, 0.717) is 10.7 Å². The number of hydrogen-bond acceptors (Lipinski definition) is 4. The van der Waals surface area contributed by atoms with Crippen LogP contribution in [0, 0.1) is 13.8 Å². The molecule has 2 amide bonds. The Bertz CT molecular complexity index is 1770. The first kappa shape index (κ1) is 34.2. The Morgan fingerprint density at radius 2 is 1.45 bits per heavy atom. The minimum absolute atomic E-state index is 0.0114. The second kappa shape index (κ2) is 15.6. The molecule has 5 rings (SSSR count). The van der Waals surface area contributed by atoms with Crippen molar-refractivity contribution in [2.45, 2.75) is 75.9 Å². The monoisotopic (exact) mass is 671 g/mol. The van der Waals surface area contributed by atoms with E-state index >= 15 is 0 Å². The molecule has 1 saturated carbocycles. The average Bonchev–Trinajstić information content (AvgIpc) is 3.06. The van der Waals surface area contributed by atoms with Crippen LogP contribution in [0.2, 0.25) is 5.02 Å². The van der Waals surface area contributed by atoms with Crippen LogP contribution in [0.1, 0.15) is 54.4 Å². The Hall–Kier alpha value is -4.14. The van der Waals surface area contributed by atoms with Crippen molar-refractivity contribution in [3.8, 4) is 0 Å². The summed E-state index contributed by atoms with van der Waals surface area (Å²) in [6.07, 6.45) is 5.33. The number of sulfonamides is 1. The maximum absolute atomic E-state index is 14.7. The summed E-state index contributed by atoms with van der Waals surface area (Å²) in [6, 6.07) is 29.6. The van der Waals surface area contributed by atoms with Crippen molar-refractivity contribution in [2.75, 3.05) is 10.8 Å². The standard InChI is InChI=1S/C38H42ClN3O4S/c1-28-11-9-15-31(23-28)26-41(36(25-30-13-5-3-6-14-30)38(44)40-33-16-7-4-8-17-33)37(43)27-42(34-18-10-12-29(2)24-34)47(45,46)35-21-19-32(39)20-22-35/h3,5-6,9-15,18-24,33,36H,4,7-8,16-17,25-27H2,1-2H3,(H,40,44)/t36-/m0/s1. The number of nitrogens with zero attached hydrogens (tertiary/aromatic N) is 2. The lowest BCUT2D eigenvalue weighted by Gasteiger charge is -2.35. The normalized spacial score (nSPS) is 14.3. The lowest BCUT2D eigenvalue weighted by molar-refractivity contribution is -0.140. The van der Waals surface area contributed by atoms with Crippen LogP contribution in [0.25, 0.3) is 0 Å². The van der Waals surface area contributed by atoms with Gasteiger partial charge in [0.15, 0.2) is 0 Å². The summed E-state index contributed by atoms with van der Waals surface area (Å²) < 4.78 is 29.5. The van der Waals surface area contributed by atoms with Crippen molar-refractivity contribution in [3.05, 3.63) is 130 Å². The van der Waals surface area contributed by atoms with Gasteiger partial charge in [-0.05, 0) is 79.8 Å². The van der Waals surface area contributed by atoms with Crippen LogP contribution in [0.3, 0.4) is 0 Å². The fourth-order valence-electron chi connectivity index (χ4n) is 6.15. The van der Waals surface area contributed by atoms with Gasteiger partial charge in [0.2, 0.25) is 11.8 Å². The van der Waals surface area contributed by atoms with Crippen molar-refractivity contribution in [1.82, 2.24) is 10.2 Å². The Labute approximate surface area is 283 Å². The number of hydrogen-bond donors (Lipinski definition) is 1. The topological polar surface area (TPSA) is 86.8 Å². The number of nitrogens with one attached hydrogen (secondary N) is 1. The molecule has 1 aliphatic carbocycles. The Morgan fingerprint density at radius 3 is 2.11 bits per heavy atom. The predicted octanol–water partition coefficient (Wildman–Crippen LogP) is 7.24. The van der Waals surface area contributed by atoms with E-state index in [1.165, 1.54) is 24.3 Å². The molecular weight excluding hydrogens is 630 g/mol. The molecule has 4 aromatic rings. The first-order chi connectivity index (χ1) is 22.6. The van der Waals surface area contributed by atoms with E-state index in [9.17, 15) is 18.0 Å². The van der Waals surface area contributed by atoms with Crippen molar-refractivity contribution in [2.24, 2.45) is 0 Å². The second-order valence-electron chi connectivity index (χ2n) is 12.4. The first-order valence-electron chi connectivity index (χ1n) is 16.1. The zero-order valence-electron chi connectivity index (χ0n) is 26.9. The highest BCUT2D eigenvalue weighted by molar-refractivity contribution is 7.92. The summed E-state index contributed by atoms with van der Waals surface area (Å²) in [5.74, 6) is -0.713. The van der Waals surface area contributed by atoms with Crippen molar-refractivity contribution in [1.29, 1.82) is 0 Å². The summed E-state index contributed by atoms with van der Waals surface area (Å²) in [5.41, 5.74) is 3.98. The number of halogens is 1. The summed E-state index contributed by atoms with van der Waals surface area (Å²) in [6.45, 7) is 3.49. The highest BCUT2D eigenvalue weighted by Crippen LogP contribution is 2.27. The van der Waals surface area contributed by atoms with Gasteiger partial charge < -0.3 is 10.2 Å². The molecule has 0 radical (unpaired) electrons. The van der Waals surface area contributed by atoms with Crippen molar-refractivity contribution >= 4 is 39.1 Å². The summed E-state index contributed by atoms with van der Waals surface area (Å²) >= 11 is 6.09. The molecule has 7 nitrogen and oxygen atoms in total. The molecule has 47 heavy (non-hydrogen) atoms. The molecule has 0 bridgehead atoms. The number of carbonyl (C=O) groups excluding carboxylic acids is 2. The predicted molar refractivity (Wildman–Crippen MR) is 188 cm³/mol. The van der Waals surface area contributed by atoms with Crippen molar-refractivity contribution in [3.63, 3.8) is 0 Å². The third-order valence-electron chi connectivity index (χ3n) is 8.63. The van der Waals surface area contributed by atoms with Gasteiger partial charge >= 0.3 is 0 Å². The SMILES string of the molecule is Cc1cccc(CN(C(=O)CN(c2cccc(C)c2)S(=O)(=O)c2ccc(Cl)cc2)[C@@H](Cc2ccccc2)C(=O)NC2CCCCC2)c1. The minimum atomic E-state index is -4.20. The number of anilines is 1. The Balaban J connectivity index is 1.56. The zero-order chi connectivity index (χ0) is 33.4. The molecule has 0 heterocycles. The van der Waals surface area contributed by atoms with Gasteiger partial charge in [0.1, 0.15) is 12.6 Å². The Kier molecular flexibility index (Phi) is 11.4. The van der Waals surface area contributed by atoms with E-state index in [0.717, 1.165) is 58.7 Å². The Morgan fingerprint density at radius 1 is 0.809 bits per heavy atom. The lowest BCUT2D eigenvalue weighted by Crippen LogP contribution is -2.55. The van der Waals surface area contributed by atoms with E-state index in [1.54, 1.807) is 23.1 Å². The molecule has 1 aliphatic rings. The number of carbonyl (C=O) groups is 2. The third-order valence-corrected chi connectivity index (χ3v) is 10.7. The van der Waals surface area contributed by atoms with Crippen molar-refractivity contribution < 1.29 is 18.0 Å². The van der Waals surface area contributed by atoms with Gasteiger partial charge in [-0.15, -0.1) is 0 Å². The lowest BCUT2D eigenvalue weighted by atomic mass is 9.94. The third kappa shape index (κ3) is 9.02. The highest BCUT2D eigenvalue weighted by Gasteiger charge is 2.35. The molecule has 0 saturated heterocycles. The molecule has 246 valence electrons. The van der Waals surface area contributed by atoms with Gasteiger partial charge in [0.05, 0.1) is 10.6 Å². The number of aryl methyl sites for hydroxylation is 2. The highest BCUT2D eigenvalue weighted by atomic mass is 35.5. The second-order valence-corrected chi connectivity index (χ2v) is 14.7. The van der Waals surface area contributed by atoms with E-state index in [4.69, 9.17) is 11.6 Å². The summed E-state index contributed by atoms with van der Waals surface area (Å²) in [5, 5.41) is 3.65. The maximum atomic E-state index is 14.7. The van der Waals surface area contributed by atoms with Gasteiger partial charge in [0.25, 0.3) is 10.0 Å². The van der Waals surface area contributed by atoms with E-state index in [1.807, 2.05) is 74.5 Å². The van der Waals surface area contributed by atoms with E-state index in [2.05, 4.69) is 5.32 Å². The molecule has 1 N–H and O–H groups in total. The largest absolute Gasteiger partial charge is 0.352 e. The maximum Gasteiger partial charge on any atom is 0.264 e. The van der Waals surface area contributed by atoms with Gasteiger partial charge in [0, 0.05) is 24.0 Å². The fraction of sp³-hybridized carbons (Fsp3) is 0.316. The zero-order valence-corrected chi connectivity index (χ0v) is 28.5. The van der Waals surface area contributed by atoms with Crippen LogP contribution in [0.5, 0.6) is 0 Å². The fourth-order valence-corrected chi connectivity index (χ4v) is 7.68. The average molecular weight is 672 g/mol. The van der Waals surface area contributed by atoms with Crippen LogP contribution in [-0.4, -0.2) is 43.8 Å². The quantitative estimate of drug-likeness (QED) is 0.172. The molecule has 0 aromatic heterocycles. The minimum Gasteiger partial charge on any atom is -0.352 e. The number of amides is 2. The molecule has 1 fully saturated rings. The van der Waals surface area contributed by atoms with E-state index < -0.39 is 28.5 Å². The molecule has 0 unspecified atom stereocenters.